The fourth-order valence-electron chi connectivity index (χ4n) is 0.867. The second kappa shape index (κ2) is 4.70. The SMILES string of the molecule is CC(I)c1ccc(N=C=S)cc1. The summed E-state index contributed by atoms with van der Waals surface area (Å²) in [5.74, 6) is 0. The average molecular weight is 289 g/mol. The summed E-state index contributed by atoms with van der Waals surface area (Å²) in [4.78, 5) is 3.87. The van der Waals surface area contributed by atoms with Gasteiger partial charge in [0.05, 0.1) is 10.8 Å². The van der Waals surface area contributed by atoms with Crippen LogP contribution in [0.4, 0.5) is 5.69 Å². The van der Waals surface area contributed by atoms with Gasteiger partial charge in [-0.1, -0.05) is 34.7 Å². The molecule has 0 aromatic heterocycles. The lowest BCUT2D eigenvalue weighted by Gasteiger charge is -2.01. The Balaban J connectivity index is 2.92. The van der Waals surface area contributed by atoms with E-state index < -0.39 is 0 Å². The Labute approximate surface area is 91.0 Å². The summed E-state index contributed by atoms with van der Waals surface area (Å²) in [7, 11) is 0. The van der Waals surface area contributed by atoms with Crippen molar-refractivity contribution in [3.8, 4) is 0 Å². The summed E-state index contributed by atoms with van der Waals surface area (Å²) < 4.78 is 0.535. The minimum absolute atomic E-state index is 0.535. The predicted octanol–water partition coefficient (Wildman–Crippen LogP) is 3.92. The highest BCUT2D eigenvalue weighted by Gasteiger charge is 1.98. The van der Waals surface area contributed by atoms with Crippen LogP contribution in [-0.2, 0) is 0 Å². The Hall–Kier alpha value is -0.250. The molecule has 0 bridgehead atoms. The zero-order valence-electron chi connectivity index (χ0n) is 6.62. The number of thiocarbonyl (C=S) groups is 1. The van der Waals surface area contributed by atoms with E-state index in [2.05, 4.69) is 64.0 Å². The third-order valence-corrected chi connectivity index (χ3v) is 2.34. The lowest BCUT2D eigenvalue weighted by Crippen LogP contribution is -1.80. The molecule has 1 rings (SSSR count). The van der Waals surface area contributed by atoms with E-state index in [0.29, 0.717) is 3.92 Å². The highest BCUT2D eigenvalue weighted by atomic mass is 127. The summed E-state index contributed by atoms with van der Waals surface area (Å²) in [6.07, 6.45) is 0. The second-order valence-corrected chi connectivity index (χ2v) is 4.46. The molecule has 0 amide bonds. The first kappa shape index (κ1) is 9.84. The number of hydrogen-bond donors (Lipinski definition) is 0. The molecule has 0 fully saturated rings. The van der Waals surface area contributed by atoms with Gasteiger partial charge in [-0.25, -0.2) is 0 Å². The molecule has 0 saturated carbocycles. The Morgan fingerprint density at radius 3 is 2.42 bits per heavy atom. The van der Waals surface area contributed by atoms with Crippen LogP contribution in [0.1, 0.15) is 16.4 Å². The summed E-state index contributed by atoms with van der Waals surface area (Å²) in [6, 6.07) is 8.01. The Morgan fingerprint density at radius 2 is 2.00 bits per heavy atom. The van der Waals surface area contributed by atoms with Crippen LogP contribution < -0.4 is 0 Å². The predicted molar refractivity (Wildman–Crippen MR) is 63.6 cm³/mol. The molecule has 3 heteroatoms. The van der Waals surface area contributed by atoms with E-state index in [1.54, 1.807) is 0 Å². The van der Waals surface area contributed by atoms with Crippen molar-refractivity contribution in [3.05, 3.63) is 29.8 Å². The number of rotatable bonds is 2. The summed E-state index contributed by atoms with van der Waals surface area (Å²) in [5.41, 5.74) is 2.17. The zero-order valence-corrected chi connectivity index (χ0v) is 9.59. The standard InChI is InChI=1S/C9H8INS/c1-7(10)8-2-4-9(5-3-8)11-6-12/h2-5,7H,1H3. The van der Waals surface area contributed by atoms with Crippen molar-refractivity contribution >= 4 is 45.7 Å². The Morgan fingerprint density at radius 1 is 1.42 bits per heavy atom. The monoisotopic (exact) mass is 289 g/mol. The highest BCUT2D eigenvalue weighted by molar-refractivity contribution is 14.1. The van der Waals surface area contributed by atoms with Crippen molar-refractivity contribution in [2.45, 2.75) is 10.8 Å². The number of alkyl halides is 1. The minimum atomic E-state index is 0.535. The lowest BCUT2D eigenvalue weighted by molar-refractivity contribution is 1.15. The highest BCUT2D eigenvalue weighted by Crippen LogP contribution is 2.23. The maximum absolute atomic E-state index is 4.50. The summed E-state index contributed by atoms with van der Waals surface area (Å²) >= 11 is 6.87. The molecule has 0 saturated heterocycles. The average Bonchev–Trinajstić information content (AvgIpc) is 2.06. The number of halogens is 1. The van der Waals surface area contributed by atoms with Crippen molar-refractivity contribution in [2.75, 3.05) is 0 Å². The van der Waals surface area contributed by atoms with Gasteiger partial charge in [0.1, 0.15) is 0 Å². The van der Waals surface area contributed by atoms with Crippen LogP contribution in [0.5, 0.6) is 0 Å². The smallest absolute Gasteiger partial charge is 0.0739 e. The van der Waals surface area contributed by atoms with Gasteiger partial charge in [-0.15, -0.1) is 0 Å². The molecule has 0 radical (unpaired) electrons. The van der Waals surface area contributed by atoms with E-state index >= 15 is 0 Å². The second-order valence-electron chi connectivity index (χ2n) is 2.41. The molecule has 62 valence electrons. The van der Waals surface area contributed by atoms with Crippen LogP contribution in [0, 0.1) is 0 Å². The topological polar surface area (TPSA) is 12.4 Å². The van der Waals surface area contributed by atoms with Crippen LogP contribution in [0.25, 0.3) is 0 Å². The van der Waals surface area contributed by atoms with Crippen LogP contribution in [-0.4, -0.2) is 5.16 Å². The van der Waals surface area contributed by atoms with E-state index in [1.807, 2.05) is 12.1 Å². The molecule has 1 unspecified atom stereocenters. The van der Waals surface area contributed by atoms with Gasteiger partial charge in [0.25, 0.3) is 0 Å². The van der Waals surface area contributed by atoms with Gasteiger partial charge in [-0.2, -0.15) is 4.99 Å². The normalized spacial score (nSPS) is 11.8. The lowest BCUT2D eigenvalue weighted by atomic mass is 10.1. The molecule has 1 aromatic rings. The molecule has 12 heavy (non-hydrogen) atoms. The number of aliphatic imine (C=N–C) groups is 1. The number of hydrogen-bond acceptors (Lipinski definition) is 2. The molecule has 0 aliphatic rings. The van der Waals surface area contributed by atoms with Gasteiger partial charge in [0.15, 0.2) is 0 Å². The van der Waals surface area contributed by atoms with Gasteiger partial charge in [0.2, 0.25) is 0 Å². The van der Waals surface area contributed by atoms with Crippen molar-refractivity contribution < 1.29 is 0 Å². The summed E-state index contributed by atoms with van der Waals surface area (Å²) in [5, 5.41) is 2.34. The molecule has 0 heterocycles. The number of nitrogens with zero attached hydrogens (tertiary/aromatic N) is 1. The summed E-state index contributed by atoms with van der Waals surface area (Å²) in [6.45, 7) is 2.15. The quantitative estimate of drug-likeness (QED) is 0.348. The first-order chi connectivity index (χ1) is 5.74. The maximum atomic E-state index is 4.50. The van der Waals surface area contributed by atoms with Crippen molar-refractivity contribution in [2.24, 2.45) is 4.99 Å². The van der Waals surface area contributed by atoms with E-state index in [4.69, 9.17) is 0 Å². The molecule has 1 nitrogen and oxygen atoms in total. The van der Waals surface area contributed by atoms with Crippen LogP contribution >= 0.6 is 34.8 Å². The third kappa shape index (κ3) is 2.66. The van der Waals surface area contributed by atoms with E-state index in [0.717, 1.165) is 5.69 Å². The van der Waals surface area contributed by atoms with Gasteiger partial charge in [0, 0.05) is 3.92 Å². The molecule has 0 aliphatic carbocycles. The fraction of sp³-hybridized carbons (Fsp3) is 0.222. The fourth-order valence-corrected chi connectivity index (χ4v) is 1.39. The van der Waals surface area contributed by atoms with E-state index in [9.17, 15) is 0 Å². The first-order valence-corrected chi connectivity index (χ1v) is 5.21. The largest absolute Gasteiger partial charge is 0.195 e. The molecular formula is C9H8INS. The molecule has 0 aliphatic heterocycles. The first-order valence-electron chi connectivity index (χ1n) is 3.56. The van der Waals surface area contributed by atoms with Crippen molar-refractivity contribution in [1.29, 1.82) is 0 Å². The van der Waals surface area contributed by atoms with E-state index in [1.165, 1.54) is 5.56 Å². The van der Waals surface area contributed by atoms with Gasteiger partial charge in [-0.3, -0.25) is 0 Å². The van der Waals surface area contributed by atoms with Gasteiger partial charge < -0.3 is 0 Å². The minimum Gasteiger partial charge on any atom is -0.195 e. The maximum Gasteiger partial charge on any atom is 0.0739 e. The number of isothiocyanates is 1. The van der Waals surface area contributed by atoms with Gasteiger partial charge >= 0.3 is 0 Å². The van der Waals surface area contributed by atoms with E-state index in [-0.39, 0.29) is 0 Å². The molecule has 1 atom stereocenters. The zero-order chi connectivity index (χ0) is 8.97. The molecule has 0 spiro atoms. The van der Waals surface area contributed by atoms with Crippen LogP contribution in [0.15, 0.2) is 29.3 Å². The Kier molecular flexibility index (Phi) is 3.85. The number of benzene rings is 1. The molecule has 0 N–H and O–H groups in total. The third-order valence-electron chi connectivity index (χ3n) is 1.53. The van der Waals surface area contributed by atoms with Crippen LogP contribution in [0.3, 0.4) is 0 Å². The molecule has 1 aromatic carbocycles. The van der Waals surface area contributed by atoms with Gasteiger partial charge in [-0.05, 0) is 36.8 Å². The van der Waals surface area contributed by atoms with Crippen molar-refractivity contribution in [3.63, 3.8) is 0 Å². The molecular weight excluding hydrogens is 281 g/mol. The van der Waals surface area contributed by atoms with Crippen molar-refractivity contribution in [1.82, 2.24) is 0 Å². The Bertz CT molecular complexity index is 299. The van der Waals surface area contributed by atoms with Crippen LogP contribution in [0.2, 0.25) is 0 Å².